The van der Waals surface area contributed by atoms with Gasteiger partial charge >= 0.3 is 0 Å². The third kappa shape index (κ3) is 5.10. The lowest BCUT2D eigenvalue weighted by atomic mass is 9.99. The molecule has 0 bridgehead atoms. The van der Waals surface area contributed by atoms with Crippen LogP contribution >= 0.6 is 0 Å². The van der Waals surface area contributed by atoms with Crippen LogP contribution in [0.3, 0.4) is 0 Å². The topological polar surface area (TPSA) is 113 Å². The molecule has 1 atom stereocenters. The smallest absolute Gasteiger partial charge is 0.273 e. The van der Waals surface area contributed by atoms with Crippen molar-refractivity contribution < 1.29 is 22.4 Å². The zero-order valence-corrected chi connectivity index (χ0v) is 20.2. The fraction of sp³-hybridized carbons (Fsp3) is 0.292. The Labute approximate surface area is 203 Å². The fourth-order valence-corrected chi connectivity index (χ4v) is 5.54. The van der Waals surface area contributed by atoms with Crippen molar-refractivity contribution in [3.63, 3.8) is 0 Å². The first-order chi connectivity index (χ1) is 16.7. The van der Waals surface area contributed by atoms with Gasteiger partial charge in [-0.1, -0.05) is 29.8 Å². The van der Waals surface area contributed by atoms with Crippen LogP contribution in [0.1, 0.15) is 34.5 Å². The van der Waals surface area contributed by atoms with Crippen molar-refractivity contribution >= 4 is 21.8 Å². The number of hydrazine groups is 1. The molecule has 0 spiro atoms. The molecule has 1 saturated heterocycles. The van der Waals surface area contributed by atoms with Gasteiger partial charge in [0.05, 0.1) is 28.3 Å². The summed E-state index contributed by atoms with van der Waals surface area (Å²) in [6, 6.07) is 12.6. The predicted octanol–water partition coefficient (Wildman–Crippen LogP) is 2.49. The van der Waals surface area contributed by atoms with Gasteiger partial charge in [-0.05, 0) is 51.0 Å². The molecule has 4 rings (SSSR count). The Bertz CT molecular complexity index is 1350. The molecule has 3 aromatic rings. The highest BCUT2D eigenvalue weighted by molar-refractivity contribution is 7.89. The summed E-state index contributed by atoms with van der Waals surface area (Å²) in [6.45, 7) is 3.83. The number of piperidine rings is 1. The number of hydrogen-bond donors (Lipinski definition) is 2. The van der Waals surface area contributed by atoms with Crippen molar-refractivity contribution in [1.82, 2.24) is 24.9 Å². The highest BCUT2D eigenvalue weighted by Crippen LogP contribution is 2.24. The fourth-order valence-electron chi connectivity index (χ4n) is 4.02. The molecule has 0 unspecified atom stereocenters. The zero-order valence-electron chi connectivity index (χ0n) is 19.4. The minimum absolute atomic E-state index is 0.0160. The predicted molar refractivity (Wildman–Crippen MR) is 127 cm³/mol. The van der Waals surface area contributed by atoms with Gasteiger partial charge in [-0.15, -0.1) is 0 Å². The molecular weight excluding hydrogens is 473 g/mol. The molecule has 0 aliphatic carbocycles. The number of para-hydroxylation sites is 1. The van der Waals surface area contributed by atoms with E-state index in [1.165, 1.54) is 27.3 Å². The standard InChI is InChI=1S/C24H26FN5O4S/c1-16-9-11-19(12-10-16)35(33,34)29-13-5-6-18(15-29)23(31)27-28-24(32)20-14-26-30(17(20)2)22-8-4-3-7-21(22)25/h3-4,7-12,14,18H,5-6,13,15H2,1-2H3,(H,27,31)(H,28,32)/t18-/m1/s1. The molecule has 2 aromatic carbocycles. The maximum Gasteiger partial charge on any atom is 0.273 e. The van der Waals surface area contributed by atoms with E-state index in [-0.39, 0.29) is 22.7 Å². The van der Waals surface area contributed by atoms with Crippen molar-refractivity contribution in [2.45, 2.75) is 31.6 Å². The summed E-state index contributed by atoms with van der Waals surface area (Å²) in [7, 11) is -3.73. The van der Waals surface area contributed by atoms with Crippen LogP contribution in [0.25, 0.3) is 5.69 Å². The molecule has 2 amide bonds. The first kappa shape index (κ1) is 24.6. The molecule has 11 heteroatoms. The van der Waals surface area contributed by atoms with Crippen LogP contribution in [-0.4, -0.2) is 47.4 Å². The maximum atomic E-state index is 14.1. The Balaban J connectivity index is 1.39. The minimum Gasteiger partial charge on any atom is -0.273 e. The van der Waals surface area contributed by atoms with E-state index < -0.39 is 33.6 Å². The summed E-state index contributed by atoms with van der Waals surface area (Å²) in [5.41, 5.74) is 6.45. The zero-order chi connectivity index (χ0) is 25.2. The molecule has 9 nitrogen and oxygen atoms in total. The summed E-state index contributed by atoms with van der Waals surface area (Å²) in [6.07, 6.45) is 2.30. The normalized spacial score (nSPS) is 16.6. The van der Waals surface area contributed by atoms with Gasteiger partial charge in [0.2, 0.25) is 15.9 Å². The number of aryl methyl sites for hydroxylation is 1. The van der Waals surface area contributed by atoms with Gasteiger partial charge in [0.15, 0.2) is 0 Å². The minimum atomic E-state index is -3.73. The highest BCUT2D eigenvalue weighted by atomic mass is 32.2. The van der Waals surface area contributed by atoms with Gasteiger partial charge < -0.3 is 0 Å². The first-order valence-electron chi connectivity index (χ1n) is 11.1. The van der Waals surface area contributed by atoms with Crippen LogP contribution < -0.4 is 10.9 Å². The molecule has 2 heterocycles. The van der Waals surface area contributed by atoms with E-state index in [1.807, 2.05) is 6.92 Å². The number of nitrogens with zero attached hydrogens (tertiary/aromatic N) is 3. The van der Waals surface area contributed by atoms with E-state index in [9.17, 15) is 22.4 Å². The average Bonchev–Trinajstić information content (AvgIpc) is 3.24. The molecular formula is C24H26FN5O4S. The Morgan fingerprint density at radius 2 is 1.77 bits per heavy atom. The van der Waals surface area contributed by atoms with E-state index >= 15 is 0 Å². The van der Waals surface area contributed by atoms with Crippen LogP contribution in [0.4, 0.5) is 4.39 Å². The van der Waals surface area contributed by atoms with Gasteiger partial charge in [-0.2, -0.15) is 9.40 Å². The largest absolute Gasteiger partial charge is 0.273 e. The van der Waals surface area contributed by atoms with E-state index in [1.54, 1.807) is 43.3 Å². The van der Waals surface area contributed by atoms with Crippen LogP contribution in [0.15, 0.2) is 59.6 Å². The highest BCUT2D eigenvalue weighted by Gasteiger charge is 2.33. The van der Waals surface area contributed by atoms with Crippen molar-refractivity contribution in [2.75, 3.05) is 13.1 Å². The first-order valence-corrected chi connectivity index (χ1v) is 12.6. The number of amides is 2. The van der Waals surface area contributed by atoms with Gasteiger partial charge in [0.25, 0.3) is 5.91 Å². The monoisotopic (exact) mass is 499 g/mol. The third-order valence-corrected chi connectivity index (χ3v) is 7.93. The number of nitrogens with one attached hydrogen (secondary N) is 2. The summed E-state index contributed by atoms with van der Waals surface area (Å²) in [5, 5.41) is 4.09. The molecule has 1 fully saturated rings. The Kier molecular flexibility index (Phi) is 6.99. The van der Waals surface area contributed by atoms with E-state index in [4.69, 9.17) is 0 Å². The molecule has 1 aromatic heterocycles. The second-order valence-corrected chi connectivity index (χ2v) is 10.4. The molecule has 0 saturated carbocycles. The maximum absolute atomic E-state index is 14.1. The van der Waals surface area contributed by atoms with Gasteiger partial charge in [-0.25, -0.2) is 17.5 Å². The second-order valence-electron chi connectivity index (χ2n) is 8.47. The van der Waals surface area contributed by atoms with Crippen molar-refractivity contribution in [3.05, 3.63) is 77.4 Å². The molecule has 0 radical (unpaired) electrons. The molecule has 35 heavy (non-hydrogen) atoms. The van der Waals surface area contributed by atoms with Crippen LogP contribution in [-0.2, 0) is 14.8 Å². The second kappa shape index (κ2) is 9.96. The van der Waals surface area contributed by atoms with Gasteiger partial charge in [0.1, 0.15) is 11.5 Å². The SMILES string of the molecule is Cc1ccc(S(=O)(=O)N2CCC[C@@H](C(=O)NNC(=O)c3cnn(-c4ccccc4F)c3C)C2)cc1. The Hall–Kier alpha value is -3.57. The number of carbonyl (C=O) groups excluding carboxylic acids is 2. The van der Waals surface area contributed by atoms with Gasteiger partial charge in [0, 0.05) is 13.1 Å². The number of aromatic nitrogens is 2. The molecule has 184 valence electrons. The van der Waals surface area contributed by atoms with Crippen LogP contribution in [0.2, 0.25) is 0 Å². The third-order valence-electron chi connectivity index (χ3n) is 6.05. The molecule has 2 N–H and O–H groups in total. The van der Waals surface area contributed by atoms with E-state index in [0.29, 0.717) is 25.1 Å². The van der Waals surface area contributed by atoms with Crippen molar-refractivity contribution in [3.8, 4) is 5.69 Å². The number of halogens is 1. The molecule has 1 aliphatic rings. The van der Waals surface area contributed by atoms with Crippen molar-refractivity contribution in [1.29, 1.82) is 0 Å². The van der Waals surface area contributed by atoms with Crippen molar-refractivity contribution in [2.24, 2.45) is 5.92 Å². The van der Waals surface area contributed by atoms with E-state index in [0.717, 1.165) is 5.56 Å². The molecule has 1 aliphatic heterocycles. The lowest BCUT2D eigenvalue weighted by molar-refractivity contribution is -0.126. The lowest BCUT2D eigenvalue weighted by Crippen LogP contribution is -2.50. The summed E-state index contributed by atoms with van der Waals surface area (Å²) < 4.78 is 42.7. The number of rotatable bonds is 5. The number of carbonyl (C=O) groups is 2. The summed E-state index contributed by atoms with van der Waals surface area (Å²) in [4.78, 5) is 25.5. The average molecular weight is 500 g/mol. The van der Waals surface area contributed by atoms with E-state index in [2.05, 4.69) is 16.0 Å². The number of hydrogen-bond acceptors (Lipinski definition) is 5. The summed E-state index contributed by atoms with van der Waals surface area (Å²) >= 11 is 0. The number of sulfonamides is 1. The van der Waals surface area contributed by atoms with Crippen LogP contribution in [0.5, 0.6) is 0 Å². The lowest BCUT2D eigenvalue weighted by Gasteiger charge is -2.31. The quantitative estimate of drug-likeness (QED) is 0.524. The Morgan fingerprint density at radius 1 is 1.06 bits per heavy atom. The van der Waals surface area contributed by atoms with Crippen LogP contribution in [0, 0.1) is 25.6 Å². The Morgan fingerprint density at radius 3 is 2.49 bits per heavy atom. The number of benzene rings is 2. The van der Waals surface area contributed by atoms with Gasteiger partial charge in [-0.3, -0.25) is 20.4 Å². The summed E-state index contributed by atoms with van der Waals surface area (Å²) in [5.74, 6) is -2.20.